The van der Waals surface area contributed by atoms with Crippen molar-refractivity contribution >= 4 is 28.2 Å². The second-order valence-electron chi connectivity index (χ2n) is 7.70. The Morgan fingerprint density at radius 3 is 2.66 bits per heavy atom. The molecular formula is C23H26N6O5S. The van der Waals surface area contributed by atoms with Gasteiger partial charge in [0.1, 0.15) is 6.54 Å². The average molecular weight is 499 g/mol. The van der Waals surface area contributed by atoms with Crippen molar-refractivity contribution in [2.75, 3.05) is 20.8 Å². The van der Waals surface area contributed by atoms with Crippen molar-refractivity contribution in [3.8, 4) is 11.5 Å². The van der Waals surface area contributed by atoms with Crippen LogP contribution in [-0.2, 0) is 35.7 Å². The summed E-state index contributed by atoms with van der Waals surface area (Å²) in [7, 11) is 3.12. The maximum atomic E-state index is 13.0. The number of methoxy groups -OCH3 is 2. The Morgan fingerprint density at radius 1 is 1.14 bits per heavy atom. The zero-order chi connectivity index (χ0) is 24.8. The van der Waals surface area contributed by atoms with Crippen LogP contribution in [0, 0.1) is 0 Å². The molecule has 11 nitrogen and oxygen atoms in total. The number of benzene rings is 1. The fraction of sp³-hybridized carbons (Fsp3) is 0.348. The van der Waals surface area contributed by atoms with Crippen molar-refractivity contribution in [1.82, 2.24) is 30.1 Å². The van der Waals surface area contributed by atoms with E-state index in [-0.39, 0.29) is 18.7 Å². The summed E-state index contributed by atoms with van der Waals surface area (Å²) in [5.74, 6) is 1.20. The van der Waals surface area contributed by atoms with Gasteiger partial charge in [-0.05, 0) is 40.9 Å². The van der Waals surface area contributed by atoms with Crippen molar-refractivity contribution < 1.29 is 19.0 Å². The summed E-state index contributed by atoms with van der Waals surface area (Å²) >= 11 is 1.62. The molecule has 184 valence electrons. The standard InChI is InChI=1S/C23H26N6O5S/c1-4-34-22(30)14-29-21(25-26-27-29)13-28(12-17-6-5-7-35-17)11-16-8-15-9-19(32-2)20(33-3)10-18(15)24-23(16)31/h5-10H,4,11-14H2,1-3H3,(H,24,31). The molecule has 1 aromatic carbocycles. The Kier molecular flexibility index (Phi) is 7.73. The molecule has 0 aliphatic rings. The average Bonchev–Trinajstić information content (AvgIpc) is 3.51. The van der Waals surface area contributed by atoms with Crippen LogP contribution in [-0.4, -0.2) is 56.9 Å². The molecule has 0 unspecified atom stereocenters. The van der Waals surface area contributed by atoms with Gasteiger partial charge in [0.05, 0.1) is 32.9 Å². The monoisotopic (exact) mass is 498 g/mol. The van der Waals surface area contributed by atoms with Crippen LogP contribution in [0.15, 0.2) is 40.5 Å². The number of aromatic nitrogens is 5. The number of tetrazole rings is 1. The smallest absolute Gasteiger partial charge is 0.327 e. The third-order valence-electron chi connectivity index (χ3n) is 5.33. The molecule has 0 atom stereocenters. The van der Waals surface area contributed by atoms with Crippen LogP contribution in [0.4, 0.5) is 0 Å². The van der Waals surface area contributed by atoms with E-state index < -0.39 is 5.97 Å². The normalized spacial score (nSPS) is 11.2. The molecule has 0 aliphatic carbocycles. The summed E-state index contributed by atoms with van der Waals surface area (Å²) in [6, 6.07) is 9.43. The van der Waals surface area contributed by atoms with E-state index in [1.165, 1.54) is 4.68 Å². The molecule has 0 amide bonds. The minimum atomic E-state index is -0.416. The lowest BCUT2D eigenvalue weighted by atomic mass is 10.1. The van der Waals surface area contributed by atoms with Crippen molar-refractivity contribution in [1.29, 1.82) is 0 Å². The Bertz CT molecular complexity index is 1350. The number of hydrogen-bond donors (Lipinski definition) is 1. The largest absolute Gasteiger partial charge is 0.493 e. The Balaban J connectivity index is 1.63. The maximum absolute atomic E-state index is 13.0. The van der Waals surface area contributed by atoms with Crippen molar-refractivity contribution in [2.24, 2.45) is 0 Å². The van der Waals surface area contributed by atoms with Gasteiger partial charge in [0.25, 0.3) is 5.56 Å². The van der Waals surface area contributed by atoms with Gasteiger partial charge in [-0.15, -0.1) is 16.4 Å². The highest BCUT2D eigenvalue weighted by Gasteiger charge is 2.18. The van der Waals surface area contributed by atoms with Gasteiger partial charge in [0.2, 0.25) is 0 Å². The van der Waals surface area contributed by atoms with Crippen LogP contribution in [0.2, 0.25) is 0 Å². The summed E-state index contributed by atoms with van der Waals surface area (Å²) in [4.78, 5) is 31.0. The van der Waals surface area contributed by atoms with Gasteiger partial charge in [-0.1, -0.05) is 6.07 Å². The highest BCUT2D eigenvalue weighted by atomic mass is 32.1. The van der Waals surface area contributed by atoms with E-state index in [2.05, 4.69) is 25.4 Å². The Morgan fingerprint density at radius 2 is 1.94 bits per heavy atom. The quantitative estimate of drug-likeness (QED) is 0.310. The minimum absolute atomic E-state index is 0.0821. The number of rotatable bonds is 11. The van der Waals surface area contributed by atoms with Gasteiger partial charge in [-0.3, -0.25) is 14.5 Å². The molecule has 12 heteroatoms. The van der Waals surface area contributed by atoms with E-state index in [0.29, 0.717) is 48.0 Å². The molecule has 0 aliphatic heterocycles. The molecule has 3 heterocycles. The topological polar surface area (TPSA) is 124 Å². The minimum Gasteiger partial charge on any atom is -0.493 e. The third-order valence-corrected chi connectivity index (χ3v) is 6.20. The van der Waals surface area contributed by atoms with Gasteiger partial charge in [-0.25, -0.2) is 4.68 Å². The number of H-pyrrole nitrogens is 1. The van der Waals surface area contributed by atoms with Gasteiger partial charge < -0.3 is 19.2 Å². The lowest BCUT2D eigenvalue weighted by molar-refractivity contribution is -0.144. The lowest BCUT2D eigenvalue weighted by Crippen LogP contribution is -2.28. The predicted octanol–water partition coefficient (Wildman–Crippen LogP) is 2.36. The summed E-state index contributed by atoms with van der Waals surface area (Å²) in [6.45, 7) is 3.18. The van der Waals surface area contributed by atoms with E-state index in [4.69, 9.17) is 14.2 Å². The number of nitrogens with one attached hydrogen (secondary N) is 1. The summed E-state index contributed by atoms with van der Waals surface area (Å²) in [5.41, 5.74) is 1.03. The Labute approximate surface area is 205 Å². The molecule has 0 spiro atoms. The number of pyridine rings is 1. The van der Waals surface area contributed by atoms with E-state index >= 15 is 0 Å². The molecular weight excluding hydrogens is 472 g/mol. The molecule has 3 aromatic heterocycles. The summed E-state index contributed by atoms with van der Waals surface area (Å²) in [5, 5.41) is 14.6. The van der Waals surface area contributed by atoms with Crippen molar-refractivity contribution in [3.05, 3.63) is 62.3 Å². The first-order chi connectivity index (χ1) is 17.0. The van der Waals surface area contributed by atoms with E-state index in [9.17, 15) is 9.59 Å². The predicted molar refractivity (Wildman–Crippen MR) is 129 cm³/mol. The number of carbonyl (C=O) groups is 1. The van der Waals surface area contributed by atoms with Gasteiger partial charge in [-0.2, -0.15) is 0 Å². The molecule has 35 heavy (non-hydrogen) atoms. The molecule has 0 radical (unpaired) electrons. The van der Waals surface area contributed by atoms with Crippen LogP contribution in [0.25, 0.3) is 10.9 Å². The lowest BCUT2D eigenvalue weighted by Gasteiger charge is -2.21. The zero-order valence-corrected chi connectivity index (χ0v) is 20.5. The number of nitrogens with zero attached hydrogens (tertiary/aromatic N) is 5. The molecule has 4 aromatic rings. The fourth-order valence-corrected chi connectivity index (χ4v) is 4.46. The molecule has 0 saturated carbocycles. The number of thiophene rings is 1. The zero-order valence-electron chi connectivity index (χ0n) is 19.7. The van der Waals surface area contributed by atoms with Crippen molar-refractivity contribution in [3.63, 3.8) is 0 Å². The summed E-state index contributed by atoms with van der Waals surface area (Å²) < 4.78 is 17.2. The highest BCUT2D eigenvalue weighted by Crippen LogP contribution is 2.31. The highest BCUT2D eigenvalue weighted by molar-refractivity contribution is 7.09. The van der Waals surface area contributed by atoms with E-state index in [1.807, 2.05) is 29.6 Å². The molecule has 0 saturated heterocycles. The number of fused-ring (bicyclic) bond motifs is 1. The number of aromatic amines is 1. The number of hydrogen-bond acceptors (Lipinski definition) is 10. The van der Waals surface area contributed by atoms with Crippen LogP contribution >= 0.6 is 11.3 Å². The first-order valence-electron chi connectivity index (χ1n) is 10.9. The second-order valence-corrected chi connectivity index (χ2v) is 8.73. The first kappa shape index (κ1) is 24.4. The number of ether oxygens (including phenoxy) is 3. The number of carbonyl (C=O) groups excluding carboxylic acids is 1. The maximum Gasteiger partial charge on any atom is 0.327 e. The third kappa shape index (κ3) is 5.84. The van der Waals surface area contributed by atoms with Gasteiger partial charge >= 0.3 is 5.97 Å². The first-order valence-corrected chi connectivity index (χ1v) is 11.8. The van der Waals surface area contributed by atoms with Crippen LogP contribution in [0.5, 0.6) is 11.5 Å². The van der Waals surface area contributed by atoms with Crippen LogP contribution < -0.4 is 15.0 Å². The molecule has 0 bridgehead atoms. The Hall–Kier alpha value is -3.77. The van der Waals surface area contributed by atoms with Crippen molar-refractivity contribution in [2.45, 2.75) is 33.1 Å². The van der Waals surface area contributed by atoms with Gasteiger partial charge in [0, 0.05) is 35.0 Å². The molecule has 0 fully saturated rings. The van der Waals surface area contributed by atoms with Gasteiger partial charge in [0.15, 0.2) is 17.3 Å². The van der Waals surface area contributed by atoms with E-state index in [1.54, 1.807) is 38.5 Å². The van der Waals surface area contributed by atoms with Crippen LogP contribution in [0.3, 0.4) is 0 Å². The summed E-state index contributed by atoms with van der Waals surface area (Å²) in [6.07, 6.45) is 0. The number of esters is 1. The molecule has 4 rings (SSSR count). The fourth-order valence-electron chi connectivity index (χ4n) is 3.72. The van der Waals surface area contributed by atoms with E-state index in [0.717, 1.165) is 10.3 Å². The van der Waals surface area contributed by atoms with Crippen LogP contribution in [0.1, 0.15) is 23.2 Å². The SMILES string of the molecule is CCOC(=O)Cn1nnnc1CN(Cc1cccs1)Cc1cc2cc(OC)c(OC)cc2[nH]c1=O. The molecule has 1 N–H and O–H groups in total. The second kappa shape index (κ2) is 11.1.